The molecule has 0 aliphatic carbocycles. The van der Waals surface area contributed by atoms with Gasteiger partial charge in [-0.3, -0.25) is 0 Å². The van der Waals surface area contributed by atoms with Crippen molar-refractivity contribution in [3.63, 3.8) is 0 Å². The van der Waals surface area contributed by atoms with E-state index in [1.807, 2.05) is 0 Å². The molecule has 0 atom stereocenters. The minimum atomic E-state index is 0. The fraction of sp³-hybridized carbons (Fsp3) is 1.00. The van der Waals surface area contributed by atoms with Gasteiger partial charge in [-0.1, -0.05) is 110 Å². The summed E-state index contributed by atoms with van der Waals surface area (Å²) in [6.45, 7) is 4.58. The Morgan fingerprint density at radius 3 is 0.667 bits per heavy atom. The SMILES string of the molecule is CCCCCCCCCCCCCCCCC.[Mn]. The van der Waals surface area contributed by atoms with Crippen molar-refractivity contribution >= 4 is 0 Å². The van der Waals surface area contributed by atoms with Gasteiger partial charge in [0, 0.05) is 17.1 Å². The second kappa shape index (κ2) is 19.8. The Kier molecular flexibility index (Phi) is 23.0. The van der Waals surface area contributed by atoms with Gasteiger partial charge in [-0.15, -0.1) is 0 Å². The van der Waals surface area contributed by atoms with Crippen molar-refractivity contribution < 1.29 is 17.1 Å². The van der Waals surface area contributed by atoms with Crippen LogP contribution in [0.2, 0.25) is 0 Å². The van der Waals surface area contributed by atoms with Crippen LogP contribution in [0.25, 0.3) is 0 Å². The summed E-state index contributed by atoms with van der Waals surface area (Å²) in [4.78, 5) is 0. The molecule has 0 fully saturated rings. The van der Waals surface area contributed by atoms with Crippen LogP contribution in [0.15, 0.2) is 0 Å². The number of hydrogen-bond donors (Lipinski definition) is 0. The zero-order valence-electron chi connectivity index (χ0n) is 13.0. The van der Waals surface area contributed by atoms with E-state index in [9.17, 15) is 0 Å². The molecular weight excluding hydrogens is 259 g/mol. The Labute approximate surface area is 127 Å². The molecule has 0 spiro atoms. The molecule has 0 saturated heterocycles. The maximum absolute atomic E-state index is 2.29. The second-order valence-electron chi connectivity index (χ2n) is 5.60. The molecule has 1 radical (unpaired) electrons. The normalized spacial score (nSPS) is 10.3. The number of unbranched alkanes of at least 4 members (excludes halogenated alkanes) is 14. The van der Waals surface area contributed by atoms with Gasteiger partial charge in [0.25, 0.3) is 0 Å². The first-order chi connectivity index (χ1) is 8.41. The van der Waals surface area contributed by atoms with Crippen LogP contribution < -0.4 is 0 Å². The van der Waals surface area contributed by atoms with Gasteiger partial charge in [-0.2, -0.15) is 0 Å². The van der Waals surface area contributed by atoms with Crippen LogP contribution in [0, 0.1) is 0 Å². The maximum atomic E-state index is 2.29. The second-order valence-corrected chi connectivity index (χ2v) is 5.60. The first kappa shape index (κ1) is 20.8. The summed E-state index contributed by atoms with van der Waals surface area (Å²) >= 11 is 0. The fourth-order valence-electron chi connectivity index (χ4n) is 2.44. The van der Waals surface area contributed by atoms with E-state index < -0.39 is 0 Å². The third-order valence-corrected chi connectivity index (χ3v) is 3.71. The van der Waals surface area contributed by atoms with Crippen LogP contribution in [0.1, 0.15) is 110 Å². The van der Waals surface area contributed by atoms with Crippen molar-refractivity contribution in [2.45, 2.75) is 110 Å². The van der Waals surface area contributed by atoms with Crippen molar-refractivity contribution in [3.8, 4) is 0 Å². The molecule has 0 unspecified atom stereocenters. The first-order valence-electron chi connectivity index (χ1n) is 8.41. The topological polar surface area (TPSA) is 0 Å². The van der Waals surface area contributed by atoms with E-state index in [-0.39, 0.29) is 17.1 Å². The molecule has 0 rings (SSSR count). The average molecular weight is 295 g/mol. The van der Waals surface area contributed by atoms with E-state index in [4.69, 9.17) is 0 Å². The summed E-state index contributed by atoms with van der Waals surface area (Å²) in [5, 5.41) is 0. The van der Waals surface area contributed by atoms with Crippen LogP contribution >= 0.6 is 0 Å². The van der Waals surface area contributed by atoms with Gasteiger partial charge in [0.05, 0.1) is 0 Å². The fourth-order valence-corrected chi connectivity index (χ4v) is 2.44. The third kappa shape index (κ3) is 18.9. The first-order valence-corrected chi connectivity index (χ1v) is 8.41. The van der Waals surface area contributed by atoms with Crippen molar-refractivity contribution in [1.82, 2.24) is 0 Å². The average Bonchev–Trinajstić information content (AvgIpc) is 2.35. The minimum Gasteiger partial charge on any atom is -0.0654 e. The molecule has 0 saturated carbocycles. The molecule has 18 heavy (non-hydrogen) atoms. The summed E-state index contributed by atoms with van der Waals surface area (Å²) in [6, 6.07) is 0. The van der Waals surface area contributed by atoms with Gasteiger partial charge in [-0.05, 0) is 0 Å². The maximum Gasteiger partial charge on any atom is 0 e. The van der Waals surface area contributed by atoms with Crippen molar-refractivity contribution in [3.05, 3.63) is 0 Å². The minimum absolute atomic E-state index is 0. The molecule has 0 heterocycles. The predicted octanol–water partition coefficient (Wildman–Crippen LogP) is 6.88. The Morgan fingerprint density at radius 1 is 0.333 bits per heavy atom. The molecule has 0 bridgehead atoms. The summed E-state index contributed by atoms with van der Waals surface area (Å²) in [5.74, 6) is 0. The molecule has 0 aromatic rings. The van der Waals surface area contributed by atoms with Gasteiger partial charge < -0.3 is 0 Å². The van der Waals surface area contributed by atoms with Crippen LogP contribution in [-0.2, 0) is 17.1 Å². The van der Waals surface area contributed by atoms with E-state index in [1.54, 1.807) is 0 Å². The molecule has 0 aromatic carbocycles. The Bertz CT molecular complexity index is 109. The summed E-state index contributed by atoms with van der Waals surface area (Å²) in [7, 11) is 0. The van der Waals surface area contributed by atoms with Crippen LogP contribution in [0.5, 0.6) is 0 Å². The van der Waals surface area contributed by atoms with Gasteiger partial charge >= 0.3 is 0 Å². The Hall–Kier alpha value is 0.519. The Morgan fingerprint density at radius 2 is 0.500 bits per heavy atom. The van der Waals surface area contributed by atoms with E-state index in [0.717, 1.165) is 0 Å². The van der Waals surface area contributed by atoms with Gasteiger partial charge in [0.15, 0.2) is 0 Å². The van der Waals surface area contributed by atoms with E-state index in [0.29, 0.717) is 0 Å². The zero-order chi connectivity index (χ0) is 12.6. The third-order valence-electron chi connectivity index (χ3n) is 3.71. The molecule has 0 amide bonds. The predicted molar refractivity (Wildman–Crippen MR) is 80.6 cm³/mol. The molecular formula is C17H36Mn. The van der Waals surface area contributed by atoms with Gasteiger partial charge in [0.2, 0.25) is 0 Å². The monoisotopic (exact) mass is 295 g/mol. The summed E-state index contributed by atoms with van der Waals surface area (Å²) in [5.41, 5.74) is 0. The largest absolute Gasteiger partial charge is 0.0654 e. The number of hydrogen-bond acceptors (Lipinski definition) is 0. The molecule has 111 valence electrons. The summed E-state index contributed by atoms with van der Waals surface area (Å²) < 4.78 is 0. The van der Waals surface area contributed by atoms with E-state index in [2.05, 4.69) is 13.8 Å². The van der Waals surface area contributed by atoms with E-state index in [1.165, 1.54) is 96.3 Å². The van der Waals surface area contributed by atoms with Crippen LogP contribution in [-0.4, -0.2) is 0 Å². The molecule has 0 aliphatic heterocycles. The van der Waals surface area contributed by atoms with Crippen molar-refractivity contribution in [1.29, 1.82) is 0 Å². The quantitative estimate of drug-likeness (QED) is 0.242. The van der Waals surface area contributed by atoms with Crippen LogP contribution in [0.3, 0.4) is 0 Å². The Balaban J connectivity index is 0. The van der Waals surface area contributed by atoms with Crippen LogP contribution in [0.4, 0.5) is 0 Å². The molecule has 1 heteroatoms. The molecule has 0 aliphatic rings. The number of rotatable bonds is 14. The molecule has 0 N–H and O–H groups in total. The standard InChI is InChI=1S/C17H36.Mn/c1-3-5-7-9-11-13-15-17-16-14-12-10-8-6-4-2;/h3-17H2,1-2H3;. The summed E-state index contributed by atoms with van der Waals surface area (Å²) in [6.07, 6.45) is 21.9. The van der Waals surface area contributed by atoms with Gasteiger partial charge in [-0.25, -0.2) is 0 Å². The molecule has 0 aromatic heterocycles. The van der Waals surface area contributed by atoms with E-state index >= 15 is 0 Å². The van der Waals surface area contributed by atoms with Crippen molar-refractivity contribution in [2.75, 3.05) is 0 Å². The zero-order valence-corrected chi connectivity index (χ0v) is 14.2. The van der Waals surface area contributed by atoms with Crippen molar-refractivity contribution in [2.24, 2.45) is 0 Å². The van der Waals surface area contributed by atoms with Gasteiger partial charge in [0.1, 0.15) is 0 Å². The molecule has 0 nitrogen and oxygen atoms in total. The smallest absolute Gasteiger partial charge is 0 e.